The Morgan fingerprint density at radius 3 is 2.37 bits per heavy atom. The summed E-state index contributed by atoms with van der Waals surface area (Å²) in [5.74, 6) is -0.424. The number of halogens is 1. The van der Waals surface area contributed by atoms with Gasteiger partial charge in [-0.15, -0.1) is 0 Å². The average molecular weight is 270 g/mol. The number of carbonyl (C=O) groups is 1. The van der Waals surface area contributed by atoms with Crippen LogP contribution < -0.4 is 0 Å². The zero-order valence-corrected chi connectivity index (χ0v) is 12.2. The lowest BCUT2D eigenvalue weighted by molar-refractivity contribution is -0.134. The van der Waals surface area contributed by atoms with Crippen LogP contribution in [0, 0.1) is 0 Å². The second-order valence-corrected chi connectivity index (χ2v) is 4.69. The Balaban J connectivity index is 3.48. The van der Waals surface area contributed by atoms with Crippen LogP contribution in [0.5, 0.6) is 0 Å². The Labute approximate surface area is 116 Å². The van der Waals surface area contributed by atoms with E-state index in [1.165, 1.54) is 57.4 Å². The van der Waals surface area contributed by atoms with E-state index in [4.69, 9.17) is 0 Å². The van der Waals surface area contributed by atoms with Crippen molar-refractivity contribution in [2.75, 3.05) is 7.11 Å². The van der Waals surface area contributed by atoms with E-state index in [-0.39, 0.29) is 0 Å². The number of carbonyl (C=O) groups excluding carboxylic acids is 1. The van der Waals surface area contributed by atoms with Gasteiger partial charge in [-0.2, -0.15) is 0 Å². The van der Waals surface area contributed by atoms with Crippen molar-refractivity contribution in [3.05, 3.63) is 24.3 Å². The summed E-state index contributed by atoms with van der Waals surface area (Å²) in [5, 5.41) is 0. The van der Waals surface area contributed by atoms with Gasteiger partial charge in [0.1, 0.15) is 6.17 Å². The molecule has 0 aliphatic heterocycles. The van der Waals surface area contributed by atoms with Gasteiger partial charge < -0.3 is 4.74 Å². The Morgan fingerprint density at radius 2 is 1.74 bits per heavy atom. The Bertz CT molecular complexity index is 272. The van der Waals surface area contributed by atoms with E-state index in [1.807, 2.05) is 0 Å². The number of esters is 1. The molecule has 0 saturated carbocycles. The van der Waals surface area contributed by atoms with E-state index >= 15 is 0 Å². The Hall–Kier alpha value is -1.12. The summed E-state index contributed by atoms with van der Waals surface area (Å²) >= 11 is 0. The van der Waals surface area contributed by atoms with Gasteiger partial charge in [0.15, 0.2) is 0 Å². The average Bonchev–Trinajstić information content (AvgIpc) is 2.42. The minimum atomic E-state index is -0.919. The van der Waals surface area contributed by atoms with E-state index in [2.05, 4.69) is 11.7 Å². The van der Waals surface area contributed by atoms with Crippen LogP contribution in [0.4, 0.5) is 4.39 Å². The normalized spacial score (nSPS) is 13.2. The molecule has 1 unspecified atom stereocenters. The number of ether oxygens (including phenoxy) is 1. The number of hydrogen-bond donors (Lipinski definition) is 0. The van der Waals surface area contributed by atoms with Crippen molar-refractivity contribution in [3.63, 3.8) is 0 Å². The quantitative estimate of drug-likeness (QED) is 0.234. The second kappa shape index (κ2) is 13.3. The third-order valence-electron chi connectivity index (χ3n) is 2.95. The van der Waals surface area contributed by atoms with Crippen molar-refractivity contribution < 1.29 is 13.9 Å². The number of hydrogen-bond acceptors (Lipinski definition) is 2. The summed E-state index contributed by atoms with van der Waals surface area (Å²) < 4.78 is 17.8. The van der Waals surface area contributed by atoms with Crippen molar-refractivity contribution in [2.24, 2.45) is 0 Å². The third kappa shape index (κ3) is 13.1. The van der Waals surface area contributed by atoms with Crippen LogP contribution in [-0.2, 0) is 9.53 Å². The molecule has 0 aromatic heterocycles. The molecule has 1 atom stereocenters. The highest BCUT2D eigenvalue weighted by atomic mass is 19.1. The van der Waals surface area contributed by atoms with Crippen molar-refractivity contribution in [1.29, 1.82) is 0 Å². The fourth-order valence-corrected chi connectivity index (χ4v) is 1.78. The molecule has 2 nitrogen and oxygen atoms in total. The zero-order chi connectivity index (χ0) is 14.3. The lowest BCUT2D eigenvalue weighted by Gasteiger charge is -2.03. The van der Waals surface area contributed by atoms with Crippen LogP contribution in [0.15, 0.2) is 24.3 Å². The lowest BCUT2D eigenvalue weighted by atomic mass is 10.1. The van der Waals surface area contributed by atoms with Gasteiger partial charge in [-0.1, -0.05) is 70.1 Å². The molecule has 0 heterocycles. The molecule has 0 amide bonds. The van der Waals surface area contributed by atoms with Crippen LogP contribution in [0.1, 0.15) is 58.3 Å². The fourth-order valence-electron chi connectivity index (χ4n) is 1.78. The van der Waals surface area contributed by atoms with Gasteiger partial charge in [0.2, 0.25) is 0 Å². The van der Waals surface area contributed by atoms with E-state index in [1.54, 1.807) is 6.08 Å². The highest BCUT2D eigenvalue weighted by Crippen LogP contribution is 2.11. The molecule has 0 saturated heterocycles. The van der Waals surface area contributed by atoms with Gasteiger partial charge in [-0.25, -0.2) is 9.18 Å². The highest BCUT2D eigenvalue weighted by Gasteiger charge is 2.00. The first-order valence-corrected chi connectivity index (χ1v) is 7.27. The molecule has 0 aromatic rings. The predicted octanol–water partition coefficient (Wildman–Crippen LogP) is 4.75. The minimum Gasteiger partial charge on any atom is -0.466 e. The molecule has 0 bridgehead atoms. The summed E-state index contributed by atoms with van der Waals surface area (Å²) in [4.78, 5) is 10.7. The largest absolute Gasteiger partial charge is 0.466 e. The van der Waals surface area contributed by atoms with Gasteiger partial charge in [0.05, 0.1) is 7.11 Å². The van der Waals surface area contributed by atoms with Crippen LogP contribution in [0.25, 0.3) is 0 Å². The predicted molar refractivity (Wildman–Crippen MR) is 77.8 cm³/mol. The molecule has 19 heavy (non-hydrogen) atoms. The molecule has 0 rings (SSSR count). The molecule has 0 aromatic carbocycles. The molecule has 0 spiro atoms. The van der Waals surface area contributed by atoms with E-state index in [9.17, 15) is 9.18 Å². The first kappa shape index (κ1) is 17.9. The standard InChI is InChI=1S/C16H27FO2/c1-3-4-5-6-7-8-9-12-15(17)13-10-11-14-16(18)19-2/h10-11,13-15H,3-9,12H2,1-2H3/b13-10-,14-11+. The summed E-state index contributed by atoms with van der Waals surface area (Å²) in [5.41, 5.74) is 0. The van der Waals surface area contributed by atoms with Crippen molar-refractivity contribution in [1.82, 2.24) is 0 Å². The molecule has 110 valence electrons. The Kier molecular flexibility index (Phi) is 12.5. The summed E-state index contributed by atoms with van der Waals surface area (Å²) in [6.45, 7) is 2.20. The highest BCUT2D eigenvalue weighted by molar-refractivity contribution is 5.82. The van der Waals surface area contributed by atoms with Gasteiger partial charge in [-0.05, 0) is 6.42 Å². The topological polar surface area (TPSA) is 26.3 Å². The fraction of sp³-hybridized carbons (Fsp3) is 0.688. The van der Waals surface area contributed by atoms with Gasteiger partial charge in [-0.3, -0.25) is 0 Å². The number of alkyl halides is 1. The van der Waals surface area contributed by atoms with Crippen LogP contribution >= 0.6 is 0 Å². The van der Waals surface area contributed by atoms with Crippen molar-refractivity contribution in [3.8, 4) is 0 Å². The lowest BCUT2D eigenvalue weighted by Crippen LogP contribution is -1.95. The third-order valence-corrected chi connectivity index (χ3v) is 2.95. The molecule has 0 radical (unpaired) electrons. The van der Waals surface area contributed by atoms with Crippen LogP contribution in [0.3, 0.4) is 0 Å². The second-order valence-electron chi connectivity index (χ2n) is 4.69. The summed E-state index contributed by atoms with van der Waals surface area (Å²) in [6.07, 6.45) is 13.8. The van der Waals surface area contributed by atoms with Crippen molar-refractivity contribution in [2.45, 2.75) is 64.5 Å². The monoisotopic (exact) mass is 270 g/mol. The van der Waals surface area contributed by atoms with Crippen LogP contribution in [-0.4, -0.2) is 19.3 Å². The Morgan fingerprint density at radius 1 is 1.11 bits per heavy atom. The first-order valence-electron chi connectivity index (χ1n) is 7.27. The van der Waals surface area contributed by atoms with E-state index in [0.717, 1.165) is 12.8 Å². The molecular weight excluding hydrogens is 243 g/mol. The maximum absolute atomic E-state index is 13.4. The SMILES string of the molecule is CCCCCCCCCC(F)/C=C\C=C\C(=O)OC. The van der Waals surface area contributed by atoms with Gasteiger partial charge in [0, 0.05) is 6.08 Å². The minimum absolute atomic E-state index is 0.424. The summed E-state index contributed by atoms with van der Waals surface area (Å²) in [7, 11) is 1.31. The molecule has 0 aliphatic rings. The summed E-state index contributed by atoms with van der Waals surface area (Å²) in [6, 6.07) is 0. The number of unbranched alkanes of at least 4 members (excludes halogenated alkanes) is 6. The maximum atomic E-state index is 13.4. The molecule has 0 fully saturated rings. The van der Waals surface area contributed by atoms with Crippen molar-refractivity contribution >= 4 is 5.97 Å². The molecule has 0 N–H and O–H groups in total. The maximum Gasteiger partial charge on any atom is 0.330 e. The first-order chi connectivity index (χ1) is 9.20. The zero-order valence-electron chi connectivity index (χ0n) is 12.2. The van der Waals surface area contributed by atoms with Gasteiger partial charge in [0.25, 0.3) is 0 Å². The van der Waals surface area contributed by atoms with E-state index in [0.29, 0.717) is 6.42 Å². The number of allylic oxidation sites excluding steroid dienone is 3. The number of methoxy groups -OCH3 is 1. The number of rotatable bonds is 11. The smallest absolute Gasteiger partial charge is 0.330 e. The van der Waals surface area contributed by atoms with Gasteiger partial charge >= 0.3 is 5.97 Å². The molecule has 0 aliphatic carbocycles. The van der Waals surface area contributed by atoms with Crippen LogP contribution in [0.2, 0.25) is 0 Å². The molecule has 3 heteroatoms. The van der Waals surface area contributed by atoms with E-state index < -0.39 is 12.1 Å². The molecular formula is C16H27FO2.